The number of likely N-dealkylation sites (N-methyl/N-ethyl adjacent to an activating group) is 1. The second-order valence-electron chi connectivity index (χ2n) is 6.23. The summed E-state index contributed by atoms with van der Waals surface area (Å²) in [6.45, 7) is 4.46. The van der Waals surface area contributed by atoms with E-state index in [1.54, 1.807) is 12.1 Å². The number of hydrogen-bond donors (Lipinski definition) is 1. The number of amides is 1. The molecule has 1 aliphatic rings. The average molecular weight is 358 g/mol. The fourth-order valence-electron chi connectivity index (χ4n) is 2.81. The second kappa shape index (κ2) is 8.67. The monoisotopic (exact) mass is 358 g/mol. The topological polar surface area (TPSA) is 50.8 Å². The average Bonchev–Trinajstić information content (AvgIpc) is 2.67. The summed E-state index contributed by atoms with van der Waals surface area (Å²) in [6, 6.07) is 13.7. The Bertz CT molecular complexity index is 736. The number of carbonyl (C=O) groups is 1. The molecule has 2 aromatic rings. The molecular formula is C20H23FN2O3. The number of carbonyl (C=O) groups excluding carboxylic acids is 1. The molecule has 0 fully saturated rings. The predicted molar refractivity (Wildman–Crippen MR) is 96.7 cm³/mol. The minimum Gasteiger partial charge on any atom is -0.486 e. The predicted octanol–water partition coefficient (Wildman–Crippen LogP) is 2.60. The van der Waals surface area contributed by atoms with Crippen LogP contribution in [0.15, 0.2) is 48.5 Å². The zero-order chi connectivity index (χ0) is 18.4. The molecule has 1 heterocycles. The lowest BCUT2D eigenvalue weighted by Crippen LogP contribution is -2.44. The number of fused-ring (bicyclic) bond motifs is 1. The summed E-state index contributed by atoms with van der Waals surface area (Å²) >= 11 is 0. The summed E-state index contributed by atoms with van der Waals surface area (Å²) in [4.78, 5) is 14.2. The molecule has 0 saturated carbocycles. The van der Waals surface area contributed by atoms with Gasteiger partial charge in [0.2, 0.25) is 5.91 Å². The summed E-state index contributed by atoms with van der Waals surface area (Å²) in [6.07, 6.45) is -0.116. The highest BCUT2D eigenvalue weighted by atomic mass is 19.1. The van der Waals surface area contributed by atoms with Gasteiger partial charge in [-0.25, -0.2) is 4.39 Å². The molecule has 0 bridgehead atoms. The number of halogens is 1. The summed E-state index contributed by atoms with van der Waals surface area (Å²) in [5.74, 6) is 1.13. The lowest BCUT2D eigenvalue weighted by atomic mass is 10.2. The smallest absolute Gasteiger partial charge is 0.234 e. The Morgan fingerprint density at radius 2 is 1.92 bits per heavy atom. The van der Waals surface area contributed by atoms with E-state index in [1.807, 2.05) is 36.1 Å². The van der Waals surface area contributed by atoms with Gasteiger partial charge in [0.05, 0.1) is 6.54 Å². The van der Waals surface area contributed by atoms with Gasteiger partial charge in [-0.3, -0.25) is 9.69 Å². The van der Waals surface area contributed by atoms with Crippen molar-refractivity contribution in [2.24, 2.45) is 0 Å². The molecule has 2 aromatic carbocycles. The molecule has 1 aliphatic heterocycles. The van der Waals surface area contributed by atoms with Gasteiger partial charge in [0, 0.05) is 13.1 Å². The van der Waals surface area contributed by atoms with Crippen LogP contribution in [0, 0.1) is 5.82 Å². The number of ether oxygens (including phenoxy) is 2. The van der Waals surface area contributed by atoms with Gasteiger partial charge in [0.25, 0.3) is 0 Å². The Labute approximate surface area is 152 Å². The highest BCUT2D eigenvalue weighted by Crippen LogP contribution is 2.30. The Morgan fingerprint density at radius 1 is 1.19 bits per heavy atom. The first kappa shape index (κ1) is 18.2. The van der Waals surface area contributed by atoms with Gasteiger partial charge in [0.1, 0.15) is 18.5 Å². The van der Waals surface area contributed by atoms with Crippen LogP contribution in [0.3, 0.4) is 0 Å². The van der Waals surface area contributed by atoms with E-state index in [4.69, 9.17) is 9.47 Å². The number of hydrogen-bond acceptors (Lipinski definition) is 4. The van der Waals surface area contributed by atoms with Crippen molar-refractivity contribution in [2.45, 2.75) is 19.6 Å². The molecule has 1 amide bonds. The summed E-state index contributed by atoms with van der Waals surface area (Å²) < 4.78 is 24.6. The zero-order valence-electron chi connectivity index (χ0n) is 14.8. The molecule has 1 unspecified atom stereocenters. The molecule has 6 heteroatoms. The molecule has 1 N–H and O–H groups in total. The van der Waals surface area contributed by atoms with Crippen LogP contribution >= 0.6 is 0 Å². The molecule has 138 valence electrons. The molecule has 26 heavy (non-hydrogen) atoms. The standard InChI is InChI=1S/C20H23FN2O3/c1-2-23(12-17-14-25-18-5-3-4-6-19(18)26-17)13-20(24)22-11-15-7-9-16(21)10-8-15/h3-10,17H,2,11-14H2,1H3,(H,22,24). The maximum Gasteiger partial charge on any atom is 0.234 e. The van der Waals surface area contributed by atoms with E-state index >= 15 is 0 Å². The Balaban J connectivity index is 1.46. The van der Waals surface area contributed by atoms with Crippen LogP contribution in [0.5, 0.6) is 11.5 Å². The summed E-state index contributed by atoms with van der Waals surface area (Å²) in [5, 5.41) is 2.86. The van der Waals surface area contributed by atoms with Crippen LogP contribution in [0.1, 0.15) is 12.5 Å². The summed E-state index contributed by atoms with van der Waals surface area (Å²) in [7, 11) is 0. The molecule has 3 rings (SSSR count). The highest BCUT2D eigenvalue weighted by molar-refractivity contribution is 5.78. The van der Waals surface area contributed by atoms with Crippen LogP contribution in [0.2, 0.25) is 0 Å². The number of nitrogens with one attached hydrogen (secondary N) is 1. The highest BCUT2D eigenvalue weighted by Gasteiger charge is 2.23. The SMILES string of the molecule is CCN(CC(=O)NCc1ccc(F)cc1)CC1COc2ccccc2O1. The molecule has 0 radical (unpaired) electrons. The van der Waals surface area contributed by atoms with Gasteiger partial charge in [-0.1, -0.05) is 31.2 Å². The lowest BCUT2D eigenvalue weighted by Gasteiger charge is -2.30. The fourth-order valence-corrected chi connectivity index (χ4v) is 2.81. The molecular weight excluding hydrogens is 335 g/mol. The van der Waals surface area contributed by atoms with Gasteiger partial charge in [-0.05, 0) is 36.4 Å². The van der Waals surface area contributed by atoms with Crippen LogP contribution < -0.4 is 14.8 Å². The van der Waals surface area contributed by atoms with Crippen LogP contribution in [0.4, 0.5) is 4.39 Å². The molecule has 0 aromatic heterocycles. The normalized spacial score (nSPS) is 15.7. The van der Waals surface area contributed by atoms with E-state index in [1.165, 1.54) is 12.1 Å². The van der Waals surface area contributed by atoms with Crippen molar-refractivity contribution < 1.29 is 18.7 Å². The van der Waals surface area contributed by atoms with E-state index < -0.39 is 0 Å². The van der Waals surface area contributed by atoms with E-state index in [2.05, 4.69) is 5.32 Å². The largest absolute Gasteiger partial charge is 0.486 e. The van der Waals surface area contributed by atoms with Crippen molar-refractivity contribution in [3.05, 3.63) is 59.9 Å². The summed E-state index contributed by atoms with van der Waals surface area (Å²) in [5.41, 5.74) is 0.864. The first-order valence-corrected chi connectivity index (χ1v) is 8.76. The molecule has 0 aliphatic carbocycles. The van der Waals surface area contributed by atoms with E-state index in [-0.39, 0.29) is 24.4 Å². The van der Waals surface area contributed by atoms with Gasteiger partial charge in [0.15, 0.2) is 11.5 Å². The number of para-hydroxylation sites is 2. The Hall–Kier alpha value is -2.60. The maximum atomic E-state index is 12.9. The fraction of sp³-hybridized carbons (Fsp3) is 0.350. The molecule has 5 nitrogen and oxygen atoms in total. The van der Waals surface area contributed by atoms with Crippen molar-refractivity contribution in [2.75, 3.05) is 26.2 Å². The molecule has 1 atom stereocenters. The van der Waals surface area contributed by atoms with Crippen molar-refractivity contribution in [1.29, 1.82) is 0 Å². The first-order valence-electron chi connectivity index (χ1n) is 8.76. The number of rotatable bonds is 7. The van der Waals surface area contributed by atoms with Crippen molar-refractivity contribution in [3.63, 3.8) is 0 Å². The Morgan fingerprint density at radius 3 is 2.65 bits per heavy atom. The molecule has 0 saturated heterocycles. The van der Waals surface area contributed by atoms with Gasteiger partial charge >= 0.3 is 0 Å². The third-order valence-electron chi connectivity index (χ3n) is 4.25. The van der Waals surface area contributed by atoms with Gasteiger partial charge < -0.3 is 14.8 Å². The van der Waals surface area contributed by atoms with Gasteiger partial charge in [-0.2, -0.15) is 0 Å². The van der Waals surface area contributed by atoms with Crippen LogP contribution in [-0.2, 0) is 11.3 Å². The maximum absolute atomic E-state index is 12.9. The zero-order valence-corrected chi connectivity index (χ0v) is 14.8. The lowest BCUT2D eigenvalue weighted by molar-refractivity contribution is -0.122. The van der Waals surface area contributed by atoms with Crippen molar-refractivity contribution in [3.8, 4) is 11.5 Å². The Kier molecular flexibility index (Phi) is 6.07. The quantitative estimate of drug-likeness (QED) is 0.827. The minimum atomic E-state index is -0.284. The van der Waals surface area contributed by atoms with E-state index in [0.717, 1.165) is 23.6 Å². The van der Waals surface area contributed by atoms with Crippen LogP contribution in [0.25, 0.3) is 0 Å². The third-order valence-corrected chi connectivity index (χ3v) is 4.25. The number of benzene rings is 2. The minimum absolute atomic E-state index is 0.0756. The number of nitrogens with zero attached hydrogens (tertiary/aromatic N) is 1. The molecule has 0 spiro atoms. The third kappa shape index (κ3) is 4.95. The second-order valence-corrected chi connectivity index (χ2v) is 6.23. The van der Waals surface area contributed by atoms with Gasteiger partial charge in [-0.15, -0.1) is 0 Å². The van der Waals surface area contributed by atoms with Crippen LogP contribution in [-0.4, -0.2) is 43.2 Å². The van der Waals surface area contributed by atoms with E-state index in [9.17, 15) is 9.18 Å². The van der Waals surface area contributed by atoms with Crippen molar-refractivity contribution >= 4 is 5.91 Å². The first-order chi connectivity index (χ1) is 12.6. The van der Waals surface area contributed by atoms with E-state index in [0.29, 0.717) is 19.7 Å². The van der Waals surface area contributed by atoms with Crippen molar-refractivity contribution in [1.82, 2.24) is 10.2 Å².